The number of thioether (sulfide) groups is 1. The summed E-state index contributed by atoms with van der Waals surface area (Å²) >= 11 is 6.88. The van der Waals surface area contributed by atoms with Crippen LogP contribution in [0.5, 0.6) is 0 Å². The smallest absolute Gasteiger partial charge is 0.237 e. The average Bonchev–Trinajstić information content (AvgIpc) is 2.55. The standard InChI is InChI=1S/C18H28N2OS2/c1-6-13(4)15-11-9-10-12-16(15)19-17(21)14(5)23-18(22)20(7-2)8-3/h9-14H,6-8H2,1-5H3,(H,19,21)/t13-,14-/m1/s1. The van der Waals surface area contributed by atoms with Gasteiger partial charge in [-0.2, -0.15) is 0 Å². The van der Waals surface area contributed by atoms with Crippen molar-refractivity contribution in [1.29, 1.82) is 0 Å². The Morgan fingerprint density at radius 2 is 1.83 bits per heavy atom. The van der Waals surface area contributed by atoms with Crippen LogP contribution in [-0.2, 0) is 4.79 Å². The molecule has 0 unspecified atom stereocenters. The van der Waals surface area contributed by atoms with Crippen molar-refractivity contribution >= 4 is 39.9 Å². The number of thiocarbonyl (C=S) groups is 1. The first-order valence-electron chi connectivity index (χ1n) is 8.29. The Kier molecular flexibility index (Phi) is 8.63. The highest BCUT2D eigenvalue weighted by molar-refractivity contribution is 8.23. The quantitative estimate of drug-likeness (QED) is 0.708. The van der Waals surface area contributed by atoms with E-state index in [1.807, 2.05) is 25.1 Å². The predicted octanol–water partition coefficient (Wildman–Crippen LogP) is 4.89. The summed E-state index contributed by atoms with van der Waals surface area (Å²) in [5.74, 6) is 0.423. The Morgan fingerprint density at radius 3 is 2.39 bits per heavy atom. The number of amides is 1. The van der Waals surface area contributed by atoms with Crippen molar-refractivity contribution < 1.29 is 4.79 Å². The molecule has 1 aromatic carbocycles. The Hall–Kier alpha value is -1.07. The SMILES string of the molecule is CC[C@@H](C)c1ccccc1NC(=O)[C@@H](C)SC(=S)N(CC)CC. The predicted molar refractivity (Wildman–Crippen MR) is 106 cm³/mol. The summed E-state index contributed by atoms with van der Waals surface area (Å²) in [4.78, 5) is 14.6. The van der Waals surface area contributed by atoms with Crippen LogP contribution in [0.4, 0.5) is 5.69 Å². The largest absolute Gasteiger partial charge is 0.358 e. The second kappa shape index (κ2) is 9.93. The first-order chi connectivity index (χ1) is 10.9. The molecule has 0 saturated heterocycles. The molecule has 1 aromatic rings. The highest BCUT2D eigenvalue weighted by Gasteiger charge is 2.19. The van der Waals surface area contributed by atoms with Gasteiger partial charge in [-0.05, 0) is 44.7 Å². The number of para-hydroxylation sites is 1. The molecule has 23 heavy (non-hydrogen) atoms. The lowest BCUT2D eigenvalue weighted by molar-refractivity contribution is -0.115. The van der Waals surface area contributed by atoms with Gasteiger partial charge < -0.3 is 10.2 Å². The van der Waals surface area contributed by atoms with Gasteiger partial charge in [-0.25, -0.2) is 0 Å². The summed E-state index contributed by atoms with van der Waals surface area (Å²) in [7, 11) is 0. The molecule has 0 fully saturated rings. The van der Waals surface area contributed by atoms with Gasteiger partial charge in [0.2, 0.25) is 5.91 Å². The van der Waals surface area contributed by atoms with Gasteiger partial charge in [0.15, 0.2) is 0 Å². The number of hydrogen-bond donors (Lipinski definition) is 1. The zero-order valence-corrected chi connectivity index (χ0v) is 16.4. The molecular weight excluding hydrogens is 324 g/mol. The van der Waals surface area contributed by atoms with E-state index in [0.29, 0.717) is 5.92 Å². The maximum atomic E-state index is 12.5. The molecule has 0 spiro atoms. The summed E-state index contributed by atoms with van der Waals surface area (Å²) in [5.41, 5.74) is 2.10. The van der Waals surface area contributed by atoms with E-state index in [0.717, 1.165) is 29.5 Å². The maximum Gasteiger partial charge on any atom is 0.237 e. The molecule has 1 rings (SSSR count). The first kappa shape index (κ1) is 20.0. The Morgan fingerprint density at radius 1 is 1.22 bits per heavy atom. The lowest BCUT2D eigenvalue weighted by Gasteiger charge is -2.23. The fraction of sp³-hybridized carbons (Fsp3) is 0.556. The molecule has 5 heteroatoms. The number of rotatable bonds is 7. The molecular formula is C18H28N2OS2. The van der Waals surface area contributed by atoms with Crippen molar-refractivity contribution in [2.75, 3.05) is 18.4 Å². The van der Waals surface area contributed by atoms with Crippen LogP contribution in [0.15, 0.2) is 24.3 Å². The normalized spacial score (nSPS) is 13.3. The lowest BCUT2D eigenvalue weighted by Crippen LogP contribution is -2.31. The average molecular weight is 353 g/mol. The van der Waals surface area contributed by atoms with Gasteiger partial charge in [0.05, 0.1) is 5.25 Å². The zero-order valence-electron chi connectivity index (χ0n) is 14.8. The molecule has 0 bridgehead atoms. The van der Waals surface area contributed by atoms with Crippen LogP contribution in [0.1, 0.15) is 52.5 Å². The third-order valence-corrected chi connectivity index (χ3v) is 5.60. The number of hydrogen-bond acceptors (Lipinski definition) is 3. The van der Waals surface area contributed by atoms with Gasteiger partial charge in [-0.3, -0.25) is 4.79 Å². The number of benzene rings is 1. The van der Waals surface area contributed by atoms with Gasteiger partial charge in [-0.15, -0.1) is 0 Å². The van der Waals surface area contributed by atoms with Gasteiger partial charge in [0.1, 0.15) is 4.32 Å². The molecule has 1 amide bonds. The number of carbonyl (C=O) groups excluding carboxylic acids is 1. The Bertz CT molecular complexity index is 530. The summed E-state index contributed by atoms with van der Waals surface area (Å²) < 4.78 is 0.785. The molecule has 0 aliphatic carbocycles. The molecule has 0 heterocycles. The molecule has 128 valence electrons. The van der Waals surface area contributed by atoms with E-state index in [2.05, 4.69) is 44.0 Å². The Balaban J connectivity index is 2.74. The van der Waals surface area contributed by atoms with Gasteiger partial charge >= 0.3 is 0 Å². The third-order valence-electron chi connectivity index (χ3n) is 4.03. The molecule has 0 aliphatic rings. The lowest BCUT2D eigenvalue weighted by atomic mass is 9.97. The highest BCUT2D eigenvalue weighted by atomic mass is 32.2. The monoisotopic (exact) mass is 352 g/mol. The van der Waals surface area contributed by atoms with Crippen LogP contribution in [0, 0.1) is 0 Å². The van der Waals surface area contributed by atoms with Crippen molar-refractivity contribution in [3.63, 3.8) is 0 Å². The topological polar surface area (TPSA) is 32.3 Å². The molecule has 1 N–H and O–H groups in total. The number of nitrogens with zero attached hydrogens (tertiary/aromatic N) is 1. The second-order valence-electron chi connectivity index (χ2n) is 5.58. The highest BCUT2D eigenvalue weighted by Crippen LogP contribution is 2.27. The zero-order chi connectivity index (χ0) is 17.4. The van der Waals surface area contributed by atoms with Crippen molar-refractivity contribution in [2.45, 2.75) is 52.2 Å². The van der Waals surface area contributed by atoms with Gasteiger partial charge in [-0.1, -0.05) is 56.0 Å². The number of carbonyl (C=O) groups is 1. The van der Waals surface area contributed by atoms with E-state index in [4.69, 9.17) is 12.2 Å². The molecule has 0 saturated carbocycles. The molecule has 0 aromatic heterocycles. The molecule has 2 atom stereocenters. The molecule has 3 nitrogen and oxygen atoms in total. The Labute approximate surface area is 150 Å². The van der Waals surface area contributed by atoms with Crippen molar-refractivity contribution in [1.82, 2.24) is 4.90 Å². The van der Waals surface area contributed by atoms with E-state index < -0.39 is 0 Å². The van der Waals surface area contributed by atoms with E-state index in [9.17, 15) is 4.79 Å². The minimum Gasteiger partial charge on any atom is -0.358 e. The van der Waals surface area contributed by atoms with Crippen LogP contribution in [0.2, 0.25) is 0 Å². The minimum atomic E-state index is -0.215. The van der Waals surface area contributed by atoms with E-state index in [1.54, 1.807) is 0 Å². The van der Waals surface area contributed by atoms with Gasteiger partial charge in [0.25, 0.3) is 0 Å². The van der Waals surface area contributed by atoms with E-state index in [-0.39, 0.29) is 11.2 Å². The van der Waals surface area contributed by atoms with E-state index >= 15 is 0 Å². The summed E-state index contributed by atoms with van der Waals surface area (Å²) in [6.45, 7) is 12.1. The second-order valence-corrected chi connectivity index (χ2v) is 7.56. The van der Waals surface area contributed by atoms with Crippen LogP contribution >= 0.6 is 24.0 Å². The molecule has 0 aliphatic heterocycles. The first-order valence-corrected chi connectivity index (χ1v) is 9.58. The van der Waals surface area contributed by atoms with Crippen molar-refractivity contribution in [3.05, 3.63) is 29.8 Å². The fourth-order valence-corrected chi connectivity index (χ4v) is 3.82. The summed E-state index contributed by atoms with van der Waals surface area (Å²) in [5, 5.41) is 2.85. The summed E-state index contributed by atoms with van der Waals surface area (Å²) in [6.07, 6.45) is 1.04. The van der Waals surface area contributed by atoms with Gasteiger partial charge in [0, 0.05) is 18.8 Å². The fourth-order valence-electron chi connectivity index (χ4n) is 2.26. The van der Waals surface area contributed by atoms with E-state index in [1.165, 1.54) is 17.3 Å². The van der Waals surface area contributed by atoms with Crippen LogP contribution in [-0.4, -0.2) is 33.5 Å². The third kappa shape index (κ3) is 5.81. The number of anilines is 1. The summed E-state index contributed by atoms with van der Waals surface area (Å²) in [6, 6.07) is 8.03. The number of nitrogens with one attached hydrogen (secondary N) is 1. The minimum absolute atomic E-state index is 0.000240. The van der Waals surface area contributed by atoms with Crippen LogP contribution in [0.25, 0.3) is 0 Å². The van der Waals surface area contributed by atoms with Crippen LogP contribution < -0.4 is 5.32 Å². The van der Waals surface area contributed by atoms with Crippen LogP contribution in [0.3, 0.4) is 0 Å². The molecule has 0 radical (unpaired) electrons. The maximum absolute atomic E-state index is 12.5. The van der Waals surface area contributed by atoms with Crippen molar-refractivity contribution in [3.8, 4) is 0 Å². The van der Waals surface area contributed by atoms with Crippen molar-refractivity contribution in [2.24, 2.45) is 0 Å².